The highest BCUT2D eigenvalue weighted by molar-refractivity contribution is 5.85. The normalized spacial score (nSPS) is 15.8. The molecule has 0 aromatic heterocycles. The first kappa shape index (κ1) is 15.7. The van der Waals surface area contributed by atoms with Crippen LogP contribution in [0.25, 0.3) is 0 Å². The van der Waals surface area contributed by atoms with E-state index in [4.69, 9.17) is 4.74 Å². The molecule has 1 amide bonds. The molecule has 1 aliphatic rings. The zero-order valence-corrected chi connectivity index (χ0v) is 10.8. The molecule has 0 saturated heterocycles. The number of ether oxygens (including phenoxy) is 1. The number of nitrogens with one attached hydrogen (secondary N) is 2. The Bertz CT molecular complexity index is 185. The lowest BCUT2D eigenvalue weighted by atomic mass is 10.3. The molecule has 0 aliphatic heterocycles. The summed E-state index contributed by atoms with van der Waals surface area (Å²) in [5, 5.41) is 5.64. The lowest BCUT2D eigenvalue weighted by molar-refractivity contribution is -0.120. The van der Waals surface area contributed by atoms with Crippen LogP contribution in [-0.2, 0) is 9.53 Å². The molecule has 0 aromatic rings. The molecular weight excluding hydrogens is 228 g/mol. The molecule has 1 saturated carbocycles. The van der Waals surface area contributed by atoms with Gasteiger partial charge in [-0.25, -0.2) is 0 Å². The lowest BCUT2D eigenvalue weighted by Gasteiger charge is -2.10. The van der Waals surface area contributed by atoms with Crippen molar-refractivity contribution in [2.45, 2.75) is 38.2 Å². The third-order valence-corrected chi connectivity index (χ3v) is 2.64. The predicted molar refractivity (Wildman–Crippen MR) is 67.0 cm³/mol. The molecule has 0 aromatic carbocycles. The summed E-state index contributed by atoms with van der Waals surface area (Å²) in [6.07, 6.45) is 6.44. The quantitative estimate of drug-likeness (QED) is 0.666. The first-order chi connectivity index (χ1) is 7.33. The summed E-state index contributed by atoms with van der Waals surface area (Å²) >= 11 is 0. The van der Waals surface area contributed by atoms with Crippen molar-refractivity contribution in [2.75, 3.05) is 26.7 Å². The molecule has 0 radical (unpaired) electrons. The predicted octanol–water partition coefficient (Wildman–Crippen LogP) is 1.09. The van der Waals surface area contributed by atoms with Crippen molar-refractivity contribution in [3.63, 3.8) is 0 Å². The number of hydrogen-bond donors (Lipinski definition) is 2. The van der Waals surface area contributed by atoms with Gasteiger partial charge >= 0.3 is 0 Å². The Morgan fingerprint density at radius 3 is 2.69 bits per heavy atom. The minimum atomic E-state index is 0. The summed E-state index contributed by atoms with van der Waals surface area (Å²) in [6, 6.07) is 0. The number of rotatable bonds is 7. The van der Waals surface area contributed by atoms with E-state index in [9.17, 15) is 4.79 Å². The van der Waals surface area contributed by atoms with E-state index in [1.165, 1.54) is 25.7 Å². The largest absolute Gasteiger partial charge is 0.378 e. The van der Waals surface area contributed by atoms with Gasteiger partial charge in [-0.2, -0.15) is 0 Å². The van der Waals surface area contributed by atoms with Crippen molar-refractivity contribution in [3.8, 4) is 0 Å². The van der Waals surface area contributed by atoms with Gasteiger partial charge in [-0.05, 0) is 26.3 Å². The van der Waals surface area contributed by atoms with Crippen LogP contribution in [0.4, 0.5) is 0 Å². The first-order valence-electron chi connectivity index (χ1n) is 5.86. The van der Waals surface area contributed by atoms with Crippen molar-refractivity contribution >= 4 is 18.3 Å². The smallest absolute Gasteiger partial charge is 0.233 e. The molecule has 1 rings (SSSR count). The number of carbonyl (C=O) groups excluding carboxylic acids is 1. The van der Waals surface area contributed by atoms with Crippen LogP contribution in [0.1, 0.15) is 32.1 Å². The molecule has 0 heterocycles. The van der Waals surface area contributed by atoms with Crippen LogP contribution in [0.2, 0.25) is 0 Å². The molecule has 0 spiro atoms. The highest BCUT2D eigenvalue weighted by atomic mass is 35.5. The third-order valence-electron chi connectivity index (χ3n) is 2.64. The Hall–Kier alpha value is -0.320. The molecule has 1 aliphatic carbocycles. The van der Waals surface area contributed by atoms with Crippen LogP contribution in [0.15, 0.2) is 0 Å². The van der Waals surface area contributed by atoms with E-state index in [0.717, 1.165) is 13.0 Å². The fourth-order valence-electron chi connectivity index (χ4n) is 1.83. The maximum Gasteiger partial charge on any atom is 0.233 e. The molecule has 2 N–H and O–H groups in total. The molecule has 96 valence electrons. The summed E-state index contributed by atoms with van der Waals surface area (Å²) < 4.78 is 5.68. The van der Waals surface area contributed by atoms with E-state index in [-0.39, 0.29) is 18.3 Å². The molecule has 0 bridgehead atoms. The van der Waals surface area contributed by atoms with Gasteiger partial charge in [-0.1, -0.05) is 12.8 Å². The fraction of sp³-hybridized carbons (Fsp3) is 0.909. The molecule has 16 heavy (non-hydrogen) atoms. The Labute approximate surface area is 104 Å². The summed E-state index contributed by atoms with van der Waals surface area (Å²) in [4.78, 5) is 11.0. The monoisotopic (exact) mass is 250 g/mol. The third kappa shape index (κ3) is 7.04. The number of carbonyl (C=O) groups is 1. The van der Waals surface area contributed by atoms with Crippen LogP contribution in [0, 0.1) is 0 Å². The Kier molecular flexibility index (Phi) is 9.68. The first-order valence-corrected chi connectivity index (χ1v) is 5.86. The summed E-state index contributed by atoms with van der Waals surface area (Å²) in [5.74, 6) is 0.0540. The number of amides is 1. The van der Waals surface area contributed by atoms with Gasteiger partial charge in [0.25, 0.3) is 0 Å². The van der Waals surface area contributed by atoms with E-state index in [1.54, 1.807) is 7.05 Å². The van der Waals surface area contributed by atoms with Crippen LogP contribution in [0.5, 0.6) is 0 Å². The van der Waals surface area contributed by atoms with Crippen molar-refractivity contribution in [1.82, 2.24) is 10.6 Å². The van der Waals surface area contributed by atoms with Crippen LogP contribution >= 0.6 is 12.4 Å². The maximum atomic E-state index is 11.0. The van der Waals surface area contributed by atoms with Crippen molar-refractivity contribution in [2.24, 2.45) is 0 Å². The summed E-state index contributed by atoms with van der Waals surface area (Å²) in [7, 11) is 1.77. The number of halogens is 1. The lowest BCUT2D eigenvalue weighted by Crippen LogP contribution is -2.33. The second-order valence-corrected chi connectivity index (χ2v) is 4.01. The van der Waals surface area contributed by atoms with E-state index in [2.05, 4.69) is 10.6 Å². The molecule has 4 nitrogen and oxygen atoms in total. The Balaban J connectivity index is 0.00000225. The van der Waals surface area contributed by atoms with Crippen LogP contribution in [0.3, 0.4) is 0 Å². The topological polar surface area (TPSA) is 50.4 Å². The molecule has 5 heteroatoms. The van der Waals surface area contributed by atoms with Gasteiger partial charge in [-0.15, -0.1) is 12.4 Å². The standard InChI is InChI=1S/C11H22N2O2.ClH/c1-12-9-11(14)13-7-4-8-15-10-5-2-3-6-10;/h10,12H,2-9H2,1H3,(H,13,14);1H. The highest BCUT2D eigenvalue weighted by Crippen LogP contribution is 2.20. The number of hydrogen-bond acceptors (Lipinski definition) is 3. The minimum absolute atomic E-state index is 0. The van der Waals surface area contributed by atoms with Crippen LogP contribution in [-0.4, -0.2) is 38.8 Å². The zero-order chi connectivity index (χ0) is 10.9. The second-order valence-electron chi connectivity index (χ2n) is 4.01. The van der Waals surface area contributed by atoms with Gasteiger partial charge in [0.2, 0.25) is 5.91 Å². The van der Waals surface area contributed by atoms with Gasteiger partial charge < -0.3 is 15.4 Å². The SMILES string of the molecule is CNCC(=O)NCCCOC1CCCC1.Cl. The van der Waals surface area contributed by atoms with Gasteiger partial charge in [-0.3, -0.25) is 4.79 Å². The van der Waals surface area contributed by atoms with E-state index < -0.39 is 0 Å². The average molecular weight is 251 g/mol. The van der Waals surface area contributed by atoms with E-state index in [1.807, 2.05) is 0 Å². The summed E-state index contributed by atoms with van der Waals surface area (Å²) in [6.45, 7) is 1.88. The molecule has 0 unspecified atom stereocenters. The van der Waals surface area contributed by atoms with Gasteiger partial charge in [0.1, 0.15) is 0 Å². The molecular formula is C11H23ClN2O2. The number of likely N-dealkylation sites (N-methyl/N-ethyl adjacent to an activating group) is 1. The fourth-order valence-corrected chi connectivity index (χ4v) is 1.83. The Morgan fingerprint density at radius 1 is 1.38 bits per heavy atom. The highest BCUT2D eigenvalue weighted by Gasteiger charge is 2.14. The van der Waals surface area contributed by atoms with Gasteiger partial charge in [0.05, 0.1) is 12.6 Å². The average Bonchev–Trinajstić information content (AvgIpc) is 2.70. The maximum absolute atomic E-state index is 11.0. The Morgan fingerprint density at radius 2 is 2.06 bits per heavy atom. The van der Waals surface area contributed by atoms with Crippen molar-refractivity contribution in [3.05, 3.63) is 0 Å². The zero-order valence-electron chi connectivity index (χ0n) is 9.96. The van der Waals surface area contributed by atoms with E-state index >= 15 is 0 Å². The van der Waals surface area contributed by atoms with Gasteiger partial charge in [0.15, 0.2) is 0 Å². The van der Waals surface area contributed by atoms with Gasteiger partial charge in [0, 0.05) is 13.2 Å². The molecule has 0 atom stereocenters. The summed E-state index contributed by atoms with van der Waals surface area (Å²) in [5.41, 5.74) is 0. The van der Waals surface area contributed by atoms with Crippen molar-refractivity contribution in [1.29, 1.82) is 0 Å². The second kappa shape index (κ2) is 9.87. The van der Waals surface area contributed by atoms with Crippen LogP contribution < -0.4 is 10.6 Å². The molecule has 1 fully saturated rings. The minimum Gasteiger partial charge on any atom is -0.378 e. The van der Waals surface area contributed by atoms with Crippen molar-refractivity contribution < 1.29 is 9.53 Å². The van der Waals surface area contributed by atoms with E-state index in [0.29, 0.717) is 19.2 Å².